The molecule has 0 radical (unpaired) electrons. The van der Waals surface area contributed by atoms with Crippen molar-refractivity contribution >= 4 is 51.3 Å². The number of pyridine rings is 1. The molecule has 2 saturated heterocycles. The highest BCUT2D eigenvalue weighted by atomic mass is 35.5. The summed E-state index contributed by atoms with van der Waals surface area (Å²) >= 11 is 6.14. The van der Waals surface area contributed by atoms with Crippen LogP contribution in [0.3, 0.4) is 0 Å². The molecule has 8 aromatic rings. The number of amides is 1. The van der Waals surface area contributed by atoms with Crippen molar-refractivity contribution in [3.63, 3.8) is 0 Å². The Morgan fingerprint density at radius 1 is 0.649 bits per heavy atom. The van der Waals surface area contributed by atoms with Crippen molar-refractivity contribution in [2.24, 2.45) is 0 Å². The molecule has 1 amide bonds. The number of carbonyl (C=O) groups excluding carboxylic acids is 1. The Morgan fingerprint density at radius 3 is 1.68 bits per heavy atom. The van der Waals surface area contributed by atoms with Crippen LogP contribution in [-0.2, 0) is 19.5 Å². The average Bonchev–Trinajstić information content (AvgIpc) is 3.78. The molecule has 0 atom stereocenters. The zero-order valence-corrected chi connectivity index (χ0v) is 41.1. The van der Waals surface area contributed by atoms with E-state index in [9.17, 15) is 31.1 Å². The van der Waals surface area contributed by atoms with E-state index in [1.54, 1.807) is 53.3 Å². The van der Waals surface area contributed by atoms with Gasteiger partial charge >= 0.3 is 12.7 Å². The smallest absolute Gasteiger partial charge is 0.406 e. The largest absolute Gasteiger partial charge is 0.573 e. The van der Waals surface area contributed by atoms with Gasteiger partial charge in [-0.2, -0.15) is 0 Å². The molecule has 0 aliphatic carbocycles. The number of nitrogens with one attached hydrogen (secondary N) is 2. The molecule has 5 aromatic carbocycles. The van der Waals surface area contributed by atoms with Gasteiger partial charge in [0.05, 0.1) is 16.2 Å². The maximum atomic E-state index is 13.0. The van der Waals surface area contributed by atoms with Crippen LogP contribution in [0, 0.1) is 0 Å². The maximum absolute atomic E-state index is 13.0. The predicted molar refractivity (Wildman–Crippen MR) is 275 cm³/mol. The number of fused-ring (bicyclic) bond motifs is 2. The third kappa shape index (κ3) is 13.2. The summed E-state index contributed by atoms with van der Waals surface area (Å²) < 4.78 is 84.0. The van der Waals surface area contributed by atoms with E-state index in [1.807, 2.05) is 43.3 Å². The lowest BCUT2D eigenvalue weighted by Crippen LogP contribution is -2.32. The number of hydrogen-bond donors (Lipinski definition) is 2. The van der Waals surface area contributed by atoms with Crippen molar-refractivity contribution in [1.29, 1.82) is 0 Å². The second-order valence-corrected chi connectivity index (χ2v) is 18.6. The average molecular weight is 1040 g/mol. The molecule has 10 rings (SSSR count). The summed E-state index contributed by atoms with van der Waals surface area (Å²) in [6, 6.07) is 40.6. The zero-order chi connectivity index (χ0) is 51.8. The second-order valence-electron chi connectivity index (χ2n) is 18.2. The maximum Gasteiger partial charge on any atom is 0.573 e. The summed E-state index contributed by atoms with van der Waals surface area (Å²) in [5, 5.41) is 7.94. The van der Waals surface area contributed by atoms with Crippen LogP contribution in [0.1, 0.15) is 82.9 Å². The van der Waals surface area contributed by atoms with Crippen LogP contribution in [0.4, 0.5) is 43.5 Å². The zero-order valence-electron chi connectivity index (χ0n) is 40.3. The molecule has 11 nitrogen and oxygen atoms in total. The standard InChI is InChI=1S/C29H28ClF3N4O2.C27H25F3N4O/c1-2-25-27(37-18-22(30)7-12-26(37)35-25)28(38)34-17-19-3-8-23(9-4-19)36-15-13-21(14-16-36)20-5-10-24(11-6-20)39-29(31,32)33;28-27(29,30)35-23-11-7-20(8-12-23)21-13-15-34(16-14-21)22-9-5-19(6-10-22)17-31-26-24-3-1-2-4-25(24)32-18-33-26/h3-12,18,21H,2,13-17H2,1H3,(H,34,38);1-12,18,21H,13-17H2,(H,31,32,33). The fraction of sp³-hybridized carbons (Fsp3) is 0.286. The minimum absolute atomic E-state index is 0.179. The molecule has 0 spiro atoms. The summed E-state index contributed by atoms with van der Waals surface area (Å²) in [4.78, 5) is 30.9. The summed E-state index contributed by atoms with van der Waals surface area (Å²) in [5.74, 6) is 0.857. The highest BCUT2D eigenvalue weighted by molar-refractivity contribution is 6.30. The molecular weight excluding hydrogens is 982 g/mol. The SMILES string of the molecule is CCc1nc2ccc(Cl)cn2c1C(=O)NCc1ccc(N2CCC(c3ccc(OC(F)(F)F)cc3)CC2)cc1.FC(F)(F)Oc1ccc(C2CCN(c3ccc(CNc4ncnc5ccccc45)cc3)CC2)cc1. The monoisotopic (exact) mass is 1030 g/mol. The molecule has 0 bridgehead atoms. The van der Waals surface area contributed by atoms with Crippen LogP contribution in [0.15, 0.2) is 146 Å². The molecular formula is C56H53ClF6N8O3. The van der Waals surface area contributed by atoms with E-state index in [0.29, 0.717) is 41.8 Å². The fourth-order valence-corrected chi connectivity index (χ4v) is 9.79. The van der Waals surface area contributed by atoms with Crippen molar-refractivity contribution < 1.29 is 40.6 Å². The van der Waals surface area contributed by atoms with E-state index >= 15 is 0 Å². The van der Waals surface area contributed by atoms with Gasteiger partial charge in [0, 0.05) is 62.2 Å². The van der Waals surface area contributed by atoms with Crippen molar-refractivity contribution in [2.45, 2.75) is 76.7 Å². The number of hydrogen-bond acceptors (Lipinski definition) is 9. The highest BCUT2D eigenvalue weighted by Gasteiger charge is 2.32. The summed E-state index contributed by atoms with van der Waals surface area (Å²) in [5.41, 5.74) is 9.30. The first kappa shape index (κ1) is 51.4. The van der Waals surface area contributed by atoms with Gasteiger partial charge in [0.25, 0.3) is 5.91 Å². The van der Waals surface area contributed by atoms with E-state index < -0.39 is 12.7 Å². The lowest BCUT2D eigenvalue weighted by Gasteiger charge is -2.34. The molecule has 2 aliphatic rings. The Bertz CT molecular complexity index is 3130. The third-order valence-corrected chi connectivity index (χ3v) is 13.6. The third-order valence-electron chi connectivity index (χ3n) is 13.4. The Kier molecular flexibility index (Phi) is 15.8. The first-order chi connectivity index (χ1) is 35.6. The second kappa shape index (κ2) is 22.7. The van der Waals surface area contributed by atoms with Crippen LogP contribution >= 0.6 is 11.6 Å². The van der Waals surface area contributed by atoms with Gasteiger partial charge in [0.15, 0.2) is 0 Å². The Labute approximate surface area is 429 Å². The van der Waals surface area contributed by atoms with Crippen LogP contribution in [0.5, 0.6) is 11.5 Å². The number of piperidine rings is 2. The highest BCUT2D eigenvalue weighted by Crippen LogP contribution is 2.35. The van der Waals surface area contributed by atoms with E-state index in [4.69, 9.17) is 11.6 Å². The molecule has 3 aromatic heterocycles. The van der Waals surface area contributed by atoms with E-state index in [-0.39, 0.29) is 23.3 Å². The van der Waals surface area contributed by atoms with Gasteiger partial charge in [-0.3, -0.25) is 9.20 Å². The van der Waals surface area contributed by atoms with Gasteiger partial charge in [-0.15, -0.1) is 26.3 Å². The van der Waals surface area contributed by atoms with Crippen molar-refractivity contribution in [3.8, 4) is 11.5 Å². The first-order valence-electron chi connectivity index (χ1n) is 24.4. The molecule has 2 N–H and O–H groups in total. The minimum Gasteiger partial charge on any atom is -0.406 e. The molecule has 18 heteroatoms. The van der Waals surface area contributed by atoms with E-state index in [2.05, 4.69) is 81.3 Å². The number of rotatable bonds is 13. The van der Waals surface area contributed by atoms with Gasteiger partial charge in [0.1, 0.15) is 35.0 Å². The Morgan fingerprint density at radius 2 is 1.16 bits per heavy atom. The summed E-state index contributed by atoms with van der Waals surface area (Å²) in [6.45, 7) is 6.50. The molecule has 2 fully saturated rings. The van der Waals surface area contributed by atoms with Crippen LogP contribution in [-0.4, -0.2) is 64.2 Å². The summed E-state index contributed by atoms with van der Waals surface area (Å²) in [6.07, 6.45) is -1.74. The van der Waals surface area contributed by atoms with Gasteiger partial charge in [-0.1, -0.05) is 79.2 Å². The van der Waals surface area contributed by atoms with E-state index in [0.717, 1.165) is 102 Å². The first-order valence-corrected chi connectivity index (χ1v) is 24.8. The fourth-order valence-electron chi connectivity index (χ4n) is 9.63. The minimum atomic E-state index is -4.68. The molecule has 0 saturated carbocycles. The number of para-hydroxylation sites is 1. The van der Waals surface area contributed by atoms with Gasteiger partial charge in [-0.05, 0) is 139 Å². The Hall–Kier alpha value is -7.53. The van der Waals surface area contributed by atoms with Crippen LogP contribution < -0.4 is 29.9 Å². The number of aromatic nitrogens is 4. The lowest BCUT2D eigenvalue weighted by molar-refractivity contribution is -0.275. The number of benzene rings is 5. The Balaban J connectivity index is 0.000000183. The number of anilines is 3. The molecule has 2 aliphatic heterocycles. The molecule has 384 valence electrons. The molecule has 5 heterocycles. The normalized spacial score (nSPS) is 14.6. The number of carbonyl (C=O) groups is 1. The number of ether oxygens (including phenoxy) is 2. The van der Waals surface area contributed by atoms with E-state index in [1.165, 1.54) is 30.0 Å². The molecule has 0 unspecified atom stereocenters. The number of alkyl halides is 6. The number of halogens is 7. The van der Waals surface area contributed by atoms with Crippen LogP contribution in [0.25, 0.3) is 16.6 Å². The van der Waals surface area contributed by atoms with Gasteiger partial charge < -0.3 is 29.9 Å². The van der Waals surface area contributed by atoms with Crippen molar-refractivity contribution in [2.75, 3.05) is 41.3 Å². The van der Waals surface area contributed by atoms with Gasteiger partial charge in [-0.25, -0.2) is 15.0 Å². The van der Waals surface area contributed by atoms with Gasteiger partial charge in [0.2, 0.25) is 0 Å². The summed E-state index contributed by atoms with van der Waals surface area (Å²) in [7, 11) is 0. The number of imidazole rings is 1. The lowest BCUT2D eigenvalue weighted by atomic mass is 9.89. The quantitative estimate of drug-likeness (QED) is 0.109. The topological polar surface area (TPSA) is 109 Å². The van der Waals surface area contributed by atoms with Crippen LogP contribution in [0.2, 0.25) is 5.02 Å². The molecule has 74 heavy (non-hydrogen) atoms. The number of nitrogens with zero attached hydrogens (tertiary/aromatic N) is 6. The predicted octanol–water partition coefficient (Wildman–Crippen LogP) is 13.3. The number of aryl methyl sites for hydroxylation is 1. The van der Waals surface area contributed by atoms with Crippen molar-refractivity contribution in [1.82, 2.24) is 24.7 Å². The van der Waals surface area contributed by atoms with Crippen molar-refractivity contribution in [3.05, 3.63) is 185 Å².